The van der Waals surface area contributed by atoms with Gasteiger partial charge in [-0.15, -0.1) is 0 Å². The van der Waals surface area contributed by atoms with Gasteiger partial charge in [-0.1, -0.05) is 48.0 Å². The standard InChI is InChI=1S/C23H38INOSi/c1-9-16-20(24)19-17(25-21(16)15(2)3)13-23(11-10-12-23)14-18(19)26-27(7,8)22(4,5)6/h15,18H,9-14H2,1-8H3/t18-/m0/s1. The molecule has 0 amide bonds. The first-order chi connectivity index (χ1) is 12.4. The van der Waals surface area contributed by atoms with Gasteiger partial charge in [-0.25, -0.2) is 0 Å². The molecule has 0 radical (unpaired) electrons. The number of hydrogen-bond donors (Lipinski definition) is 0. The number of hydrogen-bond acceptors (Lipinski definition) is 2. The summed E-state index contributed by atoms with van der Waals surface area (Å²) in [5.41, 5.74) is 6.04. The van der Waals surface area contributed by atoms with Crippen LogP contribution in [0.4, 0.5) is 0 Å². The Morgan fingerprint density at radius 2 is 1.89 bits per heavy atom. The van der Waals surface area contributed by atoms with Crippen LogP contribution in [0.15, 0.2) is 0 Å². The lowest BCUT2D eigenvalue weighted by Crippen LogP contribution is -2.46. The molecule has 4 heteroatoms. The molecule has 152 valence electrons. The first kappa shape index (κ1) is 21.8. The lowest BCUT2D eigenvalue weighted by Gasteiger charge is -2.50. The maximum Gasteiger partial charge on any atom is 0.192 e. The quantitative estimate of drug-likeness (QED) is 0.315. The van der Waals surface area contributed by atoms with Crippen LogP contribution >= 0.6 is 22.6 Å². The molecule has 1 spiro atoms. The van der Waals surface area contributed by atoms with Crippen molar-refractivity contribution >= 4 is 30.9 Å². The number of aromatic nitrogens is 1. The second-order valence-corrected chi connectivity index (χ2v) is 16.6. The SMILES string of the molecule is CCc1c(C(C)C)nc2c(c1I)[C@@H](O[Si](C)(C)C(C)(C)C)CC1(CCC1)C2. The summed E-state index contributed by atoms with van der Waals surface area (Å²) in [4.78, 5) is 5.29. The summed E-state index contributed by atoms with van der Waals surface area (Å²) in [6.07, 6.45) is 7.76. The van der Waals surface area contributed by atoms with Crippen molar-refractivity contribution in [1.82, 2.24) is 4.98 Å². The molecular weight excluding hydrogens is 461 g/mol. The Bertz CT molecular complexity index is 716. The number of halogens is 1. The Morgan fingerprint density at radius 3 is 2.33 bits per heavy atom. The second-order valence-electron chi connectivity index (χ2n) is 10.8. The molecule has 1 saturated carbocycles. The fourth-order valence-corrected chi connectivity index (χ4v) is 7.15. The van der Waals surface area contributed by atoms with Crippen LogP contribution < -0.4 is 0 Å². The Kier molecular flexibility index (Phi) is 5.95. The highest BCUT2D eigenvalue weighted by molar-refractivity contribution is 14.1. The molecule has 0 bridgehead atoms. The maximum absolute atomic E-state index is 7.08. The number of fused-ring (bicyclic) bond motifs is 1. The predicted octanol–water partition coefficient (Wildman–Crippen LogP) is 7.55. The largest absolute Gasteiger partial charge is 0.410 e. The van der Waals surface area contributed by atoms with E-state index in [4.69, 9.17) is 9.41 Å². The Morgan fingerprint density at radius 1 is 1.26 bits per heavy atom. The van der Waals surface area contributed by atoms with Crippen molar-refractivity contribution in [2.24, 2.45) is 5.41 Å². The molecule has 0 unspecified atom stereocenters. The van der Waals surface area contributed by atoms with E-state index in [1.807, 2.05) is 0 Å². The summed E-state index contributed by atoms with van der Waals surface area (Å²) >= 11 is 2.61. The van der Waals surface area contributed by atoms with E-state index in [0.717, 1.165) is 6.42 Å². The van der Waals surface area contributed by atoms with Crippen molar-refractivity contribution in [3.63, 3.8) is 0 Å². The molecule has 0 aliphatic heterocycles. The third-order valence-corrected chi connectivity index (χ3v) is 13.1. The topological polar surface area (TPSA) is 22.1 Å². The van der Waals surface area contributed by atoms with Crippen LogP contribution in [-0.4, -0.2) is 13.3 Å². The molecule has 27 heavy (non-hydrogen) atoms. The molecule has 3 rings (SSSR count). The van der Waals surface area contributed by atoms with Crippen molar-refractivity contribution in [3.05, 3.63) is 26.1 Å². The number of pyridine rings is 1. The van der Waals surface area contributed by atoms with Crippen LogP contribution in [0.1, 0.15) is 102 Å². The molecule has 2 aliphatic rings. The van der Waals surface area contributed by atoms with Crippen LogP contribution in [0, 0.1) is 8.99 Å². The van der Waals surface area contributed by atoms with Gasteiger partial charge in [-0.3, -0.25) is 4.98 Å². The van der Waals surface area contributed by atoms with E-state index in [1.54, 1.807) is 0 Å². The minimum atomic E-state index is -1.83. The molecule has 0 aromatic carbocycles. The highest BCUT2D eigenvalue weighted by atomic mass is 127. The molecular formula is C23H38INOSi. The van der Waals surface area contributed by atoms with Gasteiger partial charge in [0.25, 0.3) is 0 Å². The molecule has 1 atom stereocenters. The average molecular weight is 500 g/mol. The van der Waals surface area contributed by atoms with Gasteiger partial charge in [-0.05, 0) is 89.7 Å². The zero-order valence-electron chi connectivity index (χ0n) is 18.6. The summed E-state index contributed by atoms with van der Waals surface area (Å²) in [6, 6.07) is 0. The van der Waals surface area contributed by atoms with Crippen molar-refractivity contribution in [2.75, 3.05) is 0 Å². The van der Waals surface area contributed by atoms with E-state index in [-0.39, 0.29) is 11.1 Å². The predicted molar refractivity (Wildman–Crippen MR) is 126 cm³/mol. The Balaban J connectivity index is 2.11. The number of nitrogens with zero attached hydrogens (tertiary/aromatic N) is 1. The molecule has 1 fully saturated rings. The van der Waals surface area contributed by atoms with E-state index in [1.165, 1.54) is 58.2 Å². The lowest BCUT2D eigenvalue weighted by molar-refractivity contribution is 0.0294. The first-order valence-corrected chi connectivity index (χ1v) is 14.8. The highest BCUT2D eigenvalue weighted by Gasteiger charge is 2.48. The summed E-state index contributed by atoms with van der Waals surface area (Å²) in [5.74, 6) is 0.484. The third kappa shape index (κ3) is 3.92. The van der Waals surface area contributed by atoms with Crippen molar-refractivity contribution in [2.45, 2.75) is 110 Å². The Labute approximate surface area is 181 Å². The van der Waals surface area contributed by atoms with Crippen molar-refractivity contribution < 1.29 is 4.43 Å². The smallest absolute Gasteiger partial charge is 0.192 e. The van der Waals surface area contributed by atoms with Crippen molar-refractivity contribution in [1.29, 1.82) is 0 Å². The molecule has 1 aromatic heterocycles. The minimum Gasteiger partial charge on any atom is -0.410 e. The monoisotopic (exact) mass is 499 g/mol. The summed E-state index contributed by atoms with van der Waals surface area (Å²) in [6.45, 7) is 18.7. The van der Waals surface area contributed by atoms with E-state index in [9.17, 15) is 0 Å². The third-order valence-electron chi connectivity index (χ3n) is 7.42. The first-order valence-electron chi connectivity index (χ1n) is 10.8. The van der Waals surface area contributed by atoms with Gasteiger partial charge in [-0.2, -0.15) is 0 Å². The lowest BCUT2D eigenvalue weighted by atomic mass is 9.60. The Hall–Kier alpha value is 0.0569. The van der Waals surface area contributed by atoms with E-state index in [2.05, 4.69) is 77.2 Å². The zero-order valence-corrected chi connectivity index (χ0v) is 21.8. The van der Waals surface area contributed by atoms with Crippen LogP contribution in [0.3, 0.4) is 0 Å². The van der Waals surface area contributed by atoms with Gasteiger partial charge in [0.15, 0.2) is 8.32 Å². The van der Waals surface area contributed by atoms with Crippen LogP contribution in [0.25, 0.3) is 0 Å². The van der Waals surface area contributed by atoms with Crippen LogP contribution in [0.2, 0.25) is 18.1 Å². The van der Waals surface area contributed by atoms with Crippen LogP contribution in [-0.2, 0) is 17.3 Å². The average Bonchev–Trinajstić information content (AvgIpc) is 2.50. The normalized spacial score (nSPS) is 22.1. The van der Waals surface area contributed by atoms with Crippen LogP contribution in [0.5, 0.6) is 0 Å². The fourth-order valence-electron chi connectivity index (χ4n) is 4.56. The van der Waals surface area contributed by atoms with E-state index < -0.39 is 8.32 Å². The molecule has 0 N–H and O–H groups in total. The molecule has 0 saturated heterocycles. The zero-order chi connectivity index (χ0) is 20.2. The van der Waals surface area contributed by atoms with Gasteiger partial charge in [0.1, 0.15) is 0 Å². The summed E-state index contributed by atoms with van der Waals surface area (Å²) < 4.78 is 8.52. The van der Waals surface area contributed by atoms with Crippen molar-refractivity contribution in [3.8, 4) is 0 Å². The van der Waals surface area contributed by atoms with Gasteiger partial charge in [0.05, 0.1) is 6.10 Å². The van der Waals surface area contributed by atoms with E-state index in [0.29, 0.717) is 11.3 Å². The summed E-state index contributed by atoms with van der Waals surface area (Å²) in [5, 5.41) is 0.238. The maximum atomic E-state index is 7.08. The van der Waals surface area contributed by atoms with Gasteiger partial charge in [0, 0.05) is 20.5 Å². The molecule has 1 aromatic rings. The minimum absolute atomic E-state index is 0.237. The van der Waals surface area contributed by atoms with Gasteiger partial charge in [0.2, 0.25) is 0 Å². The van der Waals surface area contributed by atoms with Gasteiger partial charge < -0.3 is 4.43 Å². The molecule has 1 heterocycles. The summed E-state index contributed by atoms with van der Waals surface area (Å²) in [7, 11) is -1.83. The van der Waals surface area contributed by atoms with E-state index >= 15 is 0 Å². The number of rotatable bonds is 4. The fraction of sp³-hybridized carbons (Fsp3) is 0.783. The molecule has 2 nitrogen and oxygen atoms in total. The highest BCUT2D eigenvalue weighted by Crippen LogP contribution is 2.56. The second kappa shape index (κ2) is 7.39. The van der Waals surface area contributed by atoms with Gasteiger partial charge >= 0.3 is 0 Å². The molecule has 2 aliphatic carbocycles.